The number of fused-ring (bicyclic) bond motifs is 1. The SMILES string of the molecule is COc1ccc([C@H]2[C@@H]3CCCC[C@@H]3[C@@H]2NC(=O)CCc2cccnc2)cc1. The Morgan fingerprint density at radius 1 is 1.15 bits per heavy atom. The van der Waals surface area contributed by atoms with E-state index in [2.05, 4.69) is 22.4 Å². The summed E-state index contributed by atoms with van der Waals surface area (Å²) >= 11 is 0. The van der Waals surface area contributed by atoms with Crippen molar-refractivity contribution in [3.8, 4) is 5.75 Å². The minimum absolute atomic E-state index is 0.159. The minimum atomic E-state index is 0.159. The molecule has 4 heteroatoms. The number of rotatable bonds is 6. The maximum atomic E-state index is 12.6. The molecule has 0 unspecified atom stereocenters. The first-order chi connectivity index (χ1) is 13.3. The van der Waals surface area contributed by atoms with Crippen LogP contribution in [-0.4, -0.2) is 24.0 Å². The highest BCUT2D eigenvalue weighted by Crippen LogP contribution is 2.54. The molecule has 4 atom stereocenters. The van der Waals surface area contributed by atoms with Crippen LogP contribution in [0.5, 0.6) is 5.75 Å². The number of benzene rings is 1. The van der Waals surface area contributed by atoms with Gasteiger partial charge in [-0.1, -0.05) is 31.0 Å². The third-order valence-corrected chi connectivity index (χ3v) is 6.38. The van der Waals surface area contributed by atoms with Crippen molar-refractivity contribution in [1.82, 2.24) is 10.3 Å². The van der Waals surface area contributed by atoms with Crippen LogP contribution < -0.4 is 10.1 Å². The molecular formula is C23H28N2O2. The van der Waals surface area contributed by atoms with Gasteiger partial charge in [-0.05, 0) is 60.4 Å². The predicted octanol–water partition coefficient (Wildman–Crippen LogP) is 4.11. The number of carbonyl (C=O) groups excluding carboxylic acids is 1. The molecule has 1 heterocycles. The van der Waals surface area contributed by atoms with Gasteiger partial charge in [-0.25, -0.2) is 0 Å². The Bertz CT molecular complexity index is 760. The minimum Gasteiger partial charge on any atom is -0.497 e. The molecule has 27 heavy (non-hydrogen) atoms. The van der Waals surface area contributed by atoms with Crippen LogP contribution in [0, 0.1) is 11.8 Å². The Balaban J connectivity index is 1.42. The molecule has 2 fully saturated rings. The van der Waals surface area contributed by atoms with E-state index < -0.39 is 0 Å². The Morgan fingerprint density at radius 2 is 1.93 bits per heavy atom. The summed E-state index contributed by atoms with van der Waals surface area (Å²) in [5, 5.41) is 3.37. The average Bonchev–Trinajstić information content (AvgIpc) is 2.72. The molecule has 1 aromatic carbocycles. The van der Waals surface area contributed by atoms with Gasteiger partial charge in [-0.3, -0.25) is 9.78 Å². The van der Waals surface area contributed by atoms with Gasteiger partial charge in [0, 0.05) is 30.8 Å². The van der Waals surface area contributed by atoms with E-state index in [-0.39, 0.29) is 11.9 Å². The number of methoxy groups -OCH3 is 1. The highest BCUT2D eigenvalue weighted by molar-refractivity contribution is 5.77. The molecular weight excluding hydrogens is 336 g/mol. The lowest BCUT2D eigenvalue weighted by Crippen LogP contribution is -2.59. The van der Waals surface area contributed by atoms with E-state index >= 15 is 0 Å². The molecule has 0 spiro atoms. The molecule has 4 rings (SSSR count). The van der Waals surface area contributed by atoms with Crippen molar-refractivity contribution in [2.75, 3.05) is 7.11 Å². The van der Waals surface area contributed by atoms with Crippen molar-refractivity contribution < 1.29 is 9.53 Å². The zero-order chi connectivity index (χ0) is 18.6. The second-order valence-corrected chi connectivity index (χ2v) is 7.87. The topological polar surface area (TPSA) is 51.2 Å². The molecule has 0 radical (unpaired) electrons. The van der Waals surface area contributed by atoms with Crippen molar-refractivity contribution in [1.29, 1.82) is 0 Å². The number of hydrogen-bond donors (Lipinski definition) is 1. The van der Waals surface area contributed by atoms with Crippen LogP contribution in [0.3, 0.4) is 0 Å². The highest BCUT2D eigenvalue weighted by atomic mass is 16.5. The number of amides is 1. The van der Waals surface area contributed by atoms with Crippen LogP contribution in [0.25, 0.3) is 0 Å². The summed E-state index contributed by atoms with van der Waals surface area (Å²) < 4.78 is 5.30. The summed E-state index contributed by atoms with van der Waals surface area (Å²) in [6.07, 6.45) is 10.00. The quantitative estimate of drug-likeness (QED) is 0.839. The summed E-state index contributed by atoms with van der Waals surface area (Å²) in [5.74, 6) is 2.81. The molecule has 142 valence electrons. The van der Waals surface area contributed by atoms with Crippen molar-refractivity contribution in [2.45, 2.75) is 50.5 Å². The molecule has 2 aromatic rings. The molecule has 2 aliphatic rings. The third-order valence-electron chi connectivity index (χ3n) is 6.38. The predicted molar refractivity (Wildman–Crippen MR) is 106 cm³/mol. The van der Waals surface area contributed by atoms with Gasteiger partial charge in [-0.2, -0.15) is 0 Å². The van der Waals surface area contributed by atoms with E-state index in [1.165, 1.54) is 31.2 Å². The van der Waals surface area contributed by atoms with Crippen LogP contribution in [0.4, 0.5) is 0 Å². The molecule has 0 saturated heterocycles. The fourth-order valence-corrected chi connectivity index (χ4v) is 5.01. The number of nitrogens with zero attached hydrogens (tertiary/aromatic N) is 1. The summed E-state index contributed by atoms with van der Waals surface area (Å²) in [6.45, 7) is 0. The number of carbonyl (C=O) groups is 1. The normalized spacial score (nSPS) is 26.6. The van der Waals surface area contributed by atoms with Gasteiger partial charge in [0.25, 0.3) is 0 Å². The first kappa shape index (κ1) is 18.0. The van der Waals surface area contributed by atoms with E-state index in [9.17, 15) is 4.79 Å². The van der Waals surface area contributed by atoms with Crippen molar-refractivity contribution >= 4 is 5.91 Å². The van der Waals surface area contributed by atoms with Gasteiger partial charge in [0.1, 0.15) is 5.75 Å². The van der Waals surface area contributed by atoms with Gasteiger partial charge in [0.15, 0.2) is 0 Å². The fraction of sp³-hybridized carbons (Fsp3) is 0.478. The zero-order valence-corrected chi connectivity index (χ0v) is 15.9. The number of pyridine rings is 1. The molecule has 1 amide bonds. The molecule has 4 nitrogen and oxygen atoms in total. The Morgan fingerprint density at radius 3 is 2.63 bits per heavy atom. The van der Waals surface area contributed by atoms with Gasteiger partial charge in [0.05, 0.1) is 7.11 Å². The Hall–Kier alpha value is -2.36. The number of hydrogen-bond acceptors (Lipinski definition) is 3. The summed E-state index contributed by atoms with van der Waals surface area (Å²) in [4.78, 5) is 16.7. The summed E-state index contributed by atoms with van der Waals surface area (Å²) in [6, 6.07) is 12.6. The number of aryl methyl sites for hydroxylation is 1. The van der Waals surface area contributed by atoms with E-state index in [4.69, 9.17) is 4.74 Å². The van der Waals surface area contributed by atoms with Gasteiger partial charge in [0.2, 0.25) is 5.91 Å². The molecule has 0 bridgehead atoms. The van der Waals surface area contributed by atoms with Crippen molar-refractivity contribution in [3.05, 3.63) is 59.9 Å². The zero-order valence-electron chi connectivity index (χ0n) is 15.9. The lowest BCUT2D eigenvalue weighted by Gasteiger charge is -2.55. The van der Waals surface area contributed by atoms with Crippen molar-refractivity contribution in [2.24, 2.45) is 11.8 Å². The van der Waals surface area contributed by atoms with Gasteiger partial charge >= 0.3 is 0 Å². The Kier molecular flexibility index (Phi) is 5.42. The smallest absolute Gasteiger partial charge is 0.220 e. The lowest BCUT2D eigenvalue weighted by atomic mass is 9.53. The van der Waals surface area contributed by atoms with Gasteiger partial charge < -0.3 is 10.1 Å². The highest BCUT2D eigenvalue weighted by Gasteiger charge is 2.51. The molecule has 2 saturated carbocycles. The van der Waals surface area contributed by atoms with E-state index in [1.807, 2.05) is 30.5 Å². The molecule has 1 aromatic heterocycles. The van der Waals surface area contributed by atoms with E-state index in [1.54, 1.807) is 13.3 Å². The molecule has 0 aliphatic heterocycles. The van der Waals surface area contributed by atoms with Crippen LogP contribution in [0.1, 0.15) is 49.1 Å². The number of aromatic nitrogens is 1. The third kappa shape index (κ3) is 3.85. The summed E-state index contributed by atoms with van der Waals surface area (Å²) in [7, 11) is 1.70. The van der Waals surface area contributed by atoms with Crippen LogP contribution >= 0.6 is 0 Å². The Labute approximate surface area is 161 Å². The first-order valence-corrected chi connectivity index (χ1v) is 10.1. The van der Waals surface area contributed by atoms with Crippen LogP contribution in [-0.2, 0) is 11.2 Å². The van der Waals surface area contributed by atoms with Crippen LogP contribution in [0.2, 0.25) is 0 Å². The van der Waals surface area contributed by atoms with Crippen LogP contribution in [0.15, 0.2) is 48.8 Å². The first-order valence-electron chi connectivity index (χ1n) is 10.1. The second kappa shape index (κ2) is 8.12. The maximum Gasteiger partial charge on any atom is 0.220 e. The second-order valence-electron chi connectivity index (χ2n) is 7.87. The fourth-order valence-electron chi connectivity index (χ4n) is 5.01. The summed E-state index contributed by atoms with van der Waals surface area (Å²) in [5.41, 5.74) is 2.44. The van der Waals surface area contributed by atoms with E-state index in [0.717, 1.165) is 17.7 Å². The largest absolute Gasteiger partial charge is 0.497 e. The molecule has 1 N–H and O–H groups in total. The average molecular weight is 364 g/mol. The number of ether oxygens (including phenoxy) is 1. The van der Waals surface area contributed by atoms with Crippen molar-refractivity contribution in [3.63, 3.8) is 0 Å². The van der Waals surface area contributed by atoms with E-state index in [0.29, 0.717) is 24.2 Å². The molecule has 2 aliphatic carbocycles. The standard InChI is InChI=1S/C23H28N2O2/c1-27-18-11-9-17(10-12-18)22-19-6-2-3-7-20(19)23(22)25-21(26)13-8-16-5-4-14-24-15-16/h4-5,9-12,14-15,19-20,22-23H,2-3,6-8,13H2,1H3,(H,25,26)/t19-,20+,22+,23+/m1/s1. The lowest BCUT2D eigenvalue weighted by molar-refractivity contribution is -0.124. The monoisotopic (exact) mass is 364 g/mol. The maximum absolute atomic E-state index is 12.6. The number of nitrogens with one attached hydrogen (secondary N) is 1. The van der Waals surface area contributed by atoms with Gasteiger partial charge in [-0.15, -0.1) is 0 Å².